The van der Waals surface area contributed by atoms with E-state index in [4.69, 9.17) is 20.9 Å². The van der Waals surface area contributed by atoms with E-state index in [1.165, 1.54) is 4.80 Å². The van der Waals surface area contributed by atoms with E-state index in [0.717, 1.165) is 5.56 Å². The molecule has 8 nitrogen and oxygen atoms in total. The lowest BCUT2D eigenvalue weighted by molar-refractivity contribution is 0.0421. The van der Waals surface area contributed by atoms with Crippen LogP contribution in [0.4, 0.5) is 0 Å². The van der Waals surface area contributed by atoms with Gasteiger partial charge in [-0.3, -0.25) is 0 Å². The minimum absolute atomic E-state index is 0.0998. The first kappa shape index (κ1) is 17.9. The summed E-state index contributed by atoms with van der Waals surface area (Å²) in [5.41, 5.74) is 1.98. The van der Waals surface area contributed by atoms with Gasteiger partial charge in [0.2, 0.25) is 5.82 Å². The van der Waals surface area contributed by atoms with E-state index in [0.29, 0.717) is 22.2 Å². The van der Waals surface area contributed by atoms with E-state index in [2.05, 4.69) is 20.3 Å². The van der Waals surface area contributed by atoms with Crippen LogP contribution in [0.15, 0.2) is 59.1 Å². The molecule has 0 N–H and O–H groups in total. The highest BCUT2D eigenvalue weighted by molar-refractivity contribution is 6.30. The standard InChI is InChI=1S/C19H14ClN5O3/c1-12-17(23-25(22-12)15-9-5-8-14(20)10-15)19(26)27-11-16-21-18(24-28-16)13-6-3-2-4-7-13/h2-10H,11H2,1H3. The second kappa shape index (κ2) is 7.61. The number of rotatable bonds is 5. The highest BCUT2D eigenvalue weighted by atomic mass is 35.5. The minimum atomic E-state index is -0.634. The van der Waals surface area contributed by atoms with Crippen LogP contribution in [0.3, 0.4) is 0 Å². The zero-order valence-corrected chi connectivity index (χ0v) is 15.5. The molecular weight excluding hydrogens is 382 g/mol. The van der Waals surface area contributed by atoms with Crippen molar-refractivity contribution in [1.82, 2.24) is 25.1 Å². The average Bonchev–Trinajstić information content (AvgIpc) is 3.34. The van der Waals surface area contributed by atoms with Gasteiger partial charge in [-0.1, -0.05) is 53.2 Å². The summed E-state index contributed by atoms with van der Waals surface area (Å²) in [6, 6.07) is 16.3. The number of hydrogen-bond donors (Lipinski definition) is 0. The van der Waals surface area contributed by atoms with E-state index < -0.39 is 5.97 Å². The zero-order chi connectivity index (χ0) is 19.5. The Labute approximate surface area is 164 Å². The maximum Gasteiger partial charge on any atom is 0.361 e. The van der Waals surface area contributed by atoms with Crippen molar-refractivity contribution < 1.29 is 14.1 Å². The number of carbonyl (C=O) groups is 1. The first-order chi connectivity index (χ1) is 13.6. The summed E-state index contributed by atoms with van der Waals surface area (Å²) in [5, 5.41) is 12.9. The van der Waals surface area contributed by atoms with Gasteiger partial charge in [0, 0.05) is 10.6 Å². The Kier molecular flexibility index (Phi) is 4.86. The van der Waals surface area contributed by atoms with Crippen molar-refractivity contribution in [3.63, 3.8) is 0 Å². The molecular formula is C19H14ClN5O3. The fourth-order valence-corrected chi connectivity index (χ4v) is 2.68. The van der Waals surface area contributed by atoms with Gasteiger partial charge in [-0.2, -0.15) is 14.9 Å². The molecule has 9 heteroatoms. The Hall–Kier alpha value is -3.52. The van der Waals surface area contributed by atoms with Crippen molar-refractivity contribution in [2.45, 2.75) is 13.5 Å². The topological polar surface area (TPSA) is 95.9 Å². The molecule has 0 saturated carbocycles. The molecule has 0 atom stereocenters. The number of ether oxygens (including phenoxy) is 1. The van der Waals surface area contributed by atoms with Gasteiger partial charge >= 0.3 is 5.97 Å². The van der Waals surface area contributed by atoms with Crippen LogP contribution in [0.25, 0.3) is 17.1 Å². The Bertz CT molecular complexity index is 1120. The Balaban J connectivity index is 1.45. The molecule has 0 fully saturated rings. The lowest BCUT2D eigenvalue weighted by Crippen LogP contribution is -2.08. The summed E-state index contributed by atoms with van der Waals surface area (Å²) in [5.74, 6) is -0.0212. The van der Waals surface area contributed by atoms with Crippen molar-refractivity contribution in [3.8, 4) is 17.1 Å². The molecule has 2 aromatic heterocycles. The third-order valence-electron chi connectivity index (χ3n) is 3.84. The molecule has 0 aliphatic rings. The van der Waals surface area contributed by atoms with E-state index in [1.807, 2.05) is 30.3 Å². The van der Waals surface area contributed by atoms with Gasteiger partial charge in [-0.15, -0.1) is 5.10 Å². The smallest absolute Gasteiger partial charge is 0.361 e. The molecule has 0 saturated heterocycles. The number of aromatic nitrogens is 5. The fourth-order valence-electron chi connectivity index (χ4n) is 2.50. The maximum absolute atomic E-state index is 12.4. The molecule has 0 aliphatic carbocycles. The van der Waals surface area contributed by atoms with Gasteiger partial charge in [0.25, 0.3) is 5.89 Å². The summed E-state index contributed by atoms with van der Waals surface area (Å²) < 4.78 is 10.4. The molecule has 0 bridgehead atoms. The first-order valence-electron chi connectivity index (χ1n) is 8.35. The Morgan fingerprint density at radius 1 is 1.14 bits per heavy atom. The lowest BCUT2D eigenvalue weighted by atomic mass is 10.2. The molecule has 0 aliphatic heterocycles. The number of nitrogens with zero attached hydrogens (tertiary/aromatic N) is 5. The highest BCUT2D eigenvalue weighted by Crippen LogP contribution is 2.17. The lowest BCUT2D eigenvalue weighted by Gasteiger charge is -2.00. The summed E-state index contributed by atoms with van der Waals surface area (Å²) in [6.45, 7) is 1.51. The van der Waals surface area contributed by atoms with Crippen molar-refractivity contribution in [2.75, 3.05) is 0 Å². The zero-order valence-electron chi connectivity index (χ0n) is 14.7. The highest BCUT2D eigenvalue weighted by Gasteiger charge is 2.19. The molecule has 0 amide bonds. The van der Waals surface area contributed by atoms with Crippen molar-refractivity contribution in [3.05, 3.63) is 76.9 Å². The van der Waals surface area contributed by atoms with Gasteiger partial charge in [-0.25, -0.2) is 4.79 Å². The average molecular weight is 396 g/mol. The van der Waals surface area contributed by atoms with Crippen LogP contribution in [-0.4, -0.2) is 31.1 Å². The van der Waals surface area contributed by atoms with Crippen molar-refractivity contribution in [2.24, 2.45) is 0 Å². The largest absolute Gasteiger partial charge is 0.451 e. The SMILES string of the molecule is Cc1nn(-c2cccc(Cl)c2)nc1C(=O)OCc1nc(-c2ccccc2)no1. The molecule has 0 unspecified atom stereocenters. The van der Waals surface area contributed by atoms with Crippen molar-refractivity contribution in [1.29, 1.82) is 0 Å². The van der Waals surface area contributed by atoms with Crippen molar-refractivity contribution >= 4 is 17.6 Å². The molecule has 2 heterocycles. The minimum Gasteiger partial charge on any atom is -0.451 e. The van der Waals surface area contributed by atoms with Gasteiger partial charge in [0.05, 0.1) is 11.4 Å². The third kappa shape index (κ3) is 3.77. The molecule has 4 aromatic rings. The first-order valence-corrected chi connectivity index (χ1v) is 8.73. The number of aryl methyl sites for hydroxylation is 1. The van der Waals surface area contributed by atoms with Gasteiger partial charge < -0.3 is 9.26 Å². The molecule has 2 aromatic carbocycles. The Morgan fingerprint density at radius 3 is 2.75 bits per heavy atom. The predicted octanol–water partition coefficient (Wildman–Crippen LogP) is 3.64. The summed E-state index contributed by atoms with van der Waals surface area (Å²) in [6.07, 6.45) is 0. The number of hydrogen-bond acceptors (Lipinski definition) is 7. The Morgan fingerprint density at radius 2 is 1.96 bits per heavy atom. The van der Waals surface area contributed by atoms with E-state index in [-0.39, 0.29) is 18.2 Å². The molecule has 0 radical (unpaired) electrons. The molecule has 4 rings (SSSR count). The summed E-state index contributed by atoms with van der Waals surface area (Å²) in [4.78, 5) is 17.9. The van der Waals surface area contributed by atoms with Crippen LogP contribution >= 0.6 is 11.6 Å². The maximum atomic E-state index is 12.4. The summed E-state index contributed by atoms with van der Waals surface area (Å²) >= 11 is 5.98. The van der Waals surface area contributed by atoms with Crippen LogP contribution in [0.2, 0.25) is 5.02 Å². The molecule has 0 spiro atoms. The monoisotopic (exact) mass is 395 g/mol. The number of benzene rings is 2. The van der Waals surface area contributed by atoms with Gasteiger partial charge in [0.1, 0.15) is 0 Å². The normalized spacial score (nSPS) is 10.8. The molecule has 28 heavy (non-hydrogen) atoms. The quantitative estimate of drug-likeness (QED) is 0.476. The number of carbonyl (C=O) groups excluding carboxylic acids is 1. The third-order valence-corrected chi connectivity index (χ3v) is 4.08. The van der Waals surface area contributed by atoms with Crippen LogP contribution in [0, 0.1) is 6.92 Å². The van der Waals surface area contributed by atoms with Crippen LogP contribution in [0.1, 0.15) is 22.1 Å². The van der Waals surface area contributed by atoms with Crippen LogP contribution in [0.5, 0.6) is 0 Å². The van der Waals surface area contributed by atoms with E-state index >= 15 is 0 Å². The van der Waals surface area contributed by atoms with Gasteiger partial charge in [0.15, 0.2) is 12.3 Å². The van der Waals surface area contributed by atoms with Crippen LogP contribution in [-0.2, 0) is 11.3 Å². The fraction of sp³-hybridized carbons (Fsp3) is 0.105. The van der Waals surface area contributed by atoms with Gasteiger partial charge in [-0.05, 0) is 25.1 Å². The predicted molar refractivity (Wildman–Crippen MR) is 100.0 cm³/mol. The van der Waals surface area contributed by atoms with Crippen LogP contribution < -0.4 is 0 Å². The summed E-state index contributed by atoms with van der Waals surface area (Å²) in [7, 11) is 0. The number of esters is 1. The second-order valence-electron chi connectivity index (χ2n) is 5.86. The molecule has 140 valence electrons. The van der Waals surface area contributed by atoms with E-state index in [9.17, 15) is 4.79 Å². The number of halogens is 1. The van der Waals surface area contributed by atoms with E-state index in [1.54, 1.807) is 31.2 Å². The second-order valence-corrected chi connectivity index (χ2v) is 6.29.